The van der Waals surface area contributed by atoms with Gasteiger partial charge in [-0.3, -0.25) is 4.79 Å². The van der Waals surface area contributed by atoms with Crippen LogP contribution in [0.3, 0.4) is 0 Å². The summed E-state index contributed by atoms with van der Waals surface area (Å²) in [6.45, 7) is 3.37. The van der Waals surface area contributed by atoms with Gasteiger partial charge in [-0.05, 0) is 45.8 Å². The van der Waals surface area contributed by atoms with Gasteiger partial charge < -0.3 is 24.4 Å². The van der Waals surface area contributed by atoms with Crippen LogP contribution < -0.4 is 14.8 Å². The lowest BCUT2D eigenvalue weighted by Gasteiger charge is -2.33. The van der Waals surface area contributed by atoms with Crippen molar-refractivity contribution < 1.29 is 32.6 Å². The van der Waals surface area contributed by atoms with Crippen molar-refractivity contribution in [3.8, 4) is 11.5 Å². The summed E-state index contributed by atoms with van der Waals surface area (Å²) in [4.78, 5) is 26.0. The first-order chi connectivity index (χ1) is 14.1. The van der Waals surface area contributed by atoms with Gasteiger partial charge in [-0.2, -0.15) is 8.78 Å². The Bertz CT molecular complexity index is 769. The smallest absolute Gasteiger partial charge is 0.410 e. The highest BCUT2D eigenvalue weighted by Gasteiger charge is 2.27. The molecule has 0 bridgehead atoms. The fraction of sp³-hybridized carbons (Fsp3) is 0.524. The van der Waals surface area contributed by atoms with Crippen molar-refractivity contribution in [2.45, 2.75) is 51.9 Å². The Balaban J connectivity index is 1.91. The van der Waals surface area contributed by atoms with E-state index in [4.69, 9.17) is 9.47 Å². The summed E-state index contributed by atoms with van der Waals surface area (Å²) in [6.07, 6.45) is 3.48. The second-order valence-electron chi connectivity index (χ2n) is 7.84. The molecule has 0 atom stereocenters. The number of likely N-dealkylation sites (tertiary alicyclic amines) is 1. The molecule has 0 spiro atoms. The highest BCUT2D eigenvalue weighted by atomic mass is 19.3. The number of methoxy groups -OCH3 is 1. The normalized spacial score (nSPS) is 15.4. The van der Waals surface area contributed by atoms with E-state index >= 15 is 0 Å². The summed E-state index contributed by atoms with van der Waals surface area (Å²) >= 11 is 0. The van der Waals surface area contributed by atoms with E-state index in [1.165, 1.54) is 25.3 Å². The first kappa shape index (κ1) is 23.4. The van der Waals surface area contributed by atoms with Crippen LogP contribution in [0.5, 0.6) is 11.5 Å². The molecule has 1 heterocycles. The molecule has 7 nitrogen and oxygen atoms in total. The number of benzene rings is 1. The molecule has 1 fully saturated rings. The van der Waals surface area contributed by atoms with Gasteiger partial charge in [0.2, 0.25) is 5.91 Å². The van der Waals surface area contributed by atoms with E-state index in [9.17, 15) is 18.4 Å². The molecule has 30 heavy (non-hydrogen) atoms. The van der Waals surface area contributed by atoms with E-state index in [0.29, 0.717) is 31.5 Å². The quantitative estimate of drug-likeness (QED) is 0.700. The Hall–Kier alpha value is -2.84. The van der Waals surface area contributed by atoms with Crippen molar-refractivity contribution in [2.24, 2.45) is 0 Å². The van der Waals surface area contributed by atoms with Crippen molar-refractivity contribution in [1.29, 1.82) is 0 Å². The van der Waals surface area contributed by atoms with Gasteiger partial charge in [0.05, 0.1) is 7.11 Å². The molecule has 2 amide bonds. The molecular formula is C21H28F2N2O5. The predicted molar refractivity (Wildman–Crippen MR) is 108 cm³/mol. The van der Waals surface area contributed by atoms with Gasteiger partial charge in [0.15, 0.2) is 11.5 Å². The molecule has 0 saturated carbocycles. The van der Waals surface area contributed by atoms with Gasteiger partial charge in [-0.1, -0.05) is 12.1 Å². The number of amides is 2. The second kappa shape index (κ2) is 10.3. The van der Waals surface area contributed by atoms with Crippen LogP contribution in [0.4, 0.5) is 13.6 Å². The number of hydrogen-bond acceptors (Lipinski definition) is 5. The molecule has 2 rings (SSSR count). The summed E-state index contributed by atoms with van der Waals surface area (Å²) in [5, 5.41) is 2.86. The minimum absolute atomic E-state index is 0.0945. The fourth-order valence-corrected chi connectivity index (χ4v) is 2.99. The van der Waals surface area contributed by atoms with Gasteiger partial charge in [0, 0.05) is 30.8 Å². The molecule has 9 heteroatoms. The largest absolute Gasteiger partial charge is 0.493 e. The average Bonchev–Trinajstić information content (AvgIpc) is 2.66. The summed E-state index contributed by atoms with van der Waals surface area (Å²) in [5.74, 6) is -0.353. The number of hydrogen-bond donors (Lipinski definition) is 1. The summed E-state index contributed by atoms with van der Waals surface area (Å²) in [6, 6.07) is 4.56. The summed E-state index contributed by atoms with van der Waals surface area (Å²) in [7, 11) is 1.34. The Labute approximate surface area is 175 Å². The first-order valence-corrected chi connectivity index (χ1v) is 9.67. The maximum Gasteiger partial charge on any atom is 0.410 e. The number of piperidine rings is 1. The van der Waals surface area contributed by atoms with Crippen LogP contribution in [0.15, 0.2) is 24.3 Å². The van der Waals surface area contributed by atoms with E-state index in [0.717, 1.165) is 0 Å². The molecule has 0 radical (unpaired) electrons. The average molecular weight is 426 g/mol. The fourth-order valence-electron chi connectivity index (χ4n) is 2.99. The number of alkyl halides is 2. The Kier molecular flexibility index (Phi) is 8.02. The maximum atomic E-state index is 12.7. The molecule has 0 unspecified atom stereocenters. The van der Waals surface area contributed by atoms with Gasteiger partial charge in [0.1, 0.15) is 5.60 Å². The number of nitrogens with zero attached hydrogens (tertiary/aromatic N) is 1. The monoisotopic (exact) mass is 426 g/mol. The lowest BCUT2D eigenvalue weighted by atomic mass is 10.1. The van der Waals surface area contributed by atoms with E-state index in [1.54, 1.807) is 17.0 Å². The van der Waals surface area contributed by atoms with Gasteiger partial charge in [0.25, 0.3) is 0 Å². The molecule has 1 saturated heterocycles. The van der Waals surface area contributed by atoms with E-state index < -0.39 is 12.2 Å². The molecule has 1 aliphatic rings. The molecular weight excluding hydrogens is 398 g/mol. The van der Waals surface area contributed by atoms with Crippen molar-refractivity contribution in [3.05, 3.63) is 29.8 Å². The Morgan fingerprint density at radius 3 is 2.47 bits per heavy atom. The van der Waals surface area contributed by atoms with Crippen molar-refractivity contribution in [3.63, 3.8) is 0 Å². The predicted octanol–water partition coefficient (Wildman–Crippen LogP) is 3.83. The second-order valence-corrected chi connectivity index (χ2v) is 7.84. The minimum Gasteiger partial charge on any atom is -0.493 e. The van der Waals surface area contributed by atoms with Crippen LogP contribution >= 0.6 is 0 Å². The zero-order valence-electron chi connectivity index (χ0n) is 17.6. The van der Waals surface area contributed by atoms with Gasteiger partial charge in [-0.25, -0.2) is 4.79 Å². The van der Waals surface area contributed by atoms with E-state index in [-0.39, 0.29) is 29.5 Å². The van der Waals surface area contributed by atoms with Crippen LogP contribution in [0, 0.1) is 0 Å². The third kappa shape index (κ3) is 7.20. The van der Waals surface area contributed by atoms with Crippen LogP contribution in [-0.2, 0) is 9.53 Å². The van der Waals surface area contributed by atoms with Crippen LogP contribution in [0.25, 0.3) is 6.08 Å². The first-order valence-electron chi connectivity index (χ1n) is 9.67. The number of para-hydroxylation sites is 1. The number of nitrogens with one attached hydrogen (secondary N) is 1. The molecule has 1 aromatic rings. The number of rotatable bonds is 6. The number of ether oxygens (including phenoxy) is 3. The highest BCUT2D eigenvalue weighted by Crippen LogP contribution is 2.33. The topological polar surface area (TPSA) is 77.1 Å². The lowest BCUT2D eigenvalue weighted by Crippen LogP contribution is -2.47. The van der Waals surface area contributed by atoms with E-state index in [2.05, 4.69) is 10.1 Å². The van der Waals surface area contributed by atoms with Crippen molar-refractivity contribution in [1.82, 2.24) is 10.2 Å². The van der Waals surface area contributed by atoms with Crippen molar-refractivity contribution in [2.75, 3.05) is 20.2 Å². The number of halogens is 2. The lowest BCUT2D eigenvalue weighted by molar-refractivity contribution is -0.117. The van der Waals surface area contributed by atoms with Crippen molar-refractivity contribution >= 4 is 18.1 Å². The van der Waals surface area contributed by atoms with Crippen LogP contribution in [0.2, 0.25) is 0 Å². The number of carbonyl (C=O) groups is 2. The van der Waals surface area contributed by atoms with Crippen LogP contribution in [-0.4, -0.2) is 55.4 Å². The van der Waals surface area contributed by atoms with Gasteiger partial charge >= 0.3 is 12.7 Å². The molecule has 166 valence electrons. The molecule has 1 aromatic carbocycles. The third-order valence-corrected chi connectivity index (χ3v) is 4.34. The zero-order chi connectivity index (χ0) is 22.3. The maximum absolute atomic E-state index is 12.7. The standard InChI is InChI=1S/C21H28F2N2O5/c1-21(2,3)30-20(27)25-12-10-15(11-13-25)24-17(26)9-8-14-6-5-7-16(28-4)18(14)29-19(22)23/h5-9,15,19H,10-13H2,1-4H3,(H,24,26)/b9-8+. The van der Waals surface area contributed by atoms with E-state index in [1.807, 2.05) is 20.8 Å². The SMILES string of the molecule is COc1cccc(/C=C/C(=O)NC2CCN(C(=O)OC(C)(C)C)CC2)c1OC(F)F. The highest BCUT2D eigenvalue weighted by molar-refractivity contribution is 5.92. The minimum atomic E-state index is -3.02. The third-order valence-electron chi connectivity index (χ3n) is 4.34. The Morgan fingerprint density at radius 1 is 1.23 bits per heavy atom. The molecule has 1 aliphatic heterocycles. The molecule has 0 aliphatic carbocycles. The summed E-state index contributed by atoms with van der Waals surface area (Å²) < 4.78 is 40.3. The zero-order valence-corrected chi connectivity index (χ0v) is 17.6. The molecule has 1 N–H and O–H groups in total. The molecule has 0 aromatic heterocycles. The van der Waals surface area contributed by atoms with Crippen LogP contribution in [0.1, 0.15) is 39.2 Å². The van der Waals surface area contributed by atoms with Gasteiger partial charge in [-0.15, -0.1) is 0 Å². The number of carbonyl (C=O) groups excluding carboxylic acids is 2. The summed E-state index contributed by atoms with van der Waals surface area (Å²) in [5.41, 5.74) is -0.260. The Morgan fingerprint density at radius 2 is 1.90 bits per heavy atom.